The van der Waals surface area contributed by atoms with E-state index in [9.17, 15) is 5.11 Å². The van der Waals surface area contributed by atoms with E-state index in [-0.39, 0.29) is 11.5 Å². The van der Waals surface area contributed by atoms with Crippen LogP contribution in [0.25, 0.3) is 0 Å². The van der Waals surface area contributed by atoms with Gasteiger partial charge in [-0.25, -0.2) is 0 Å². The van der Waals surface area contributed by atoms with Crippen LogP contribution < -0.4 is 0 Å². The highest BCUT2D eigenvalue weighted by Gasteiger charge is 2.58. The average molecular weight is 409 g/mol. The Balaban J connectivity index is 1.24. The third-order valence-electron chi connectivity index (χ3n) is 9.85. The van der Waals surface area contributed by atoms with E-state index in [4.69, 9.17) is 4.74 Å². The fourth-order valence-corrected chi connectivity index (χ4v) is 8.61. The average Bonchev–Trinajstić information content (AvgIpc) is 3.18. The molecule has 30 heavy (non-hydrogen) atoms. The van der Waals surface area contributed by atoms with Crippen LogP contribution in [0.5, 0.6) is 0 Å². The van der Waals surface area contributed by atoms with Gasteiger partial charge in [-0.15, -0.1) is 6.58 Å². The first-order chi connectivity index (χ1) is 14.6. The maximum Gasteiger partial charge on any atom is 0.0720 e. The largest absolute Gasteiger partial charge is 0.393 e. The summed E-state index contributed by atoms with van der Waals surface area (Å²) in [7, 11) is 0. The van der Waals surface area contributed by atoms with Crippen molar-refractivity contribution in [2.24, 2.45) is 40.9 Å². The van der Waals surface area contributed by atoms with Crippen molar-refractivity contribution in [1.82, 2.24) is 0 Å². The summed E-state index contributed by atoms with van der Waals surface area (Å²) in [5.41, 5.74) is 1.50. The van der Waals surface area contributed by atoms with Crippen molar-refractivity contribution in [3.05, 3.63) is 48.6 Å². The van der Waals surface area contributed by atoms with E-state index in [1.807, 2.05) is 6.92 Å². The molecule has 0 saturated heterocycles. The maximum atomic E-state index is 10.5. The minimum atomic E-state index is -0.196. The van der Waals surface area contributed by atoms with Crippen LogP contribution in [0.3, 0.4) is 0 Å². The van der Waals surface area contributed by atoms with Crippen molar-refractivity contribution in [3.8, 4) is 0 Å². The third-order valence-corrected chi connectivity index (χ3v) is 9.85. The van der Waals surface area contributed by atoms with Crippen LogP contribution in [-0.2, 0) is 11.3 Å². The van der Waals surface area contributed by atoms with E-state index in [0.717, 1.165) is 36.2 Å². The number of hydrogen-bond donors (Lipinski definition) is 1. The highest BCUT2D eigenvalue weighted by Crippen LogP contribution is 2.65. The van der Waals surface area contributed by atoms with Crippen molar-refractivity contribution < 1.29 is 9.84 Å². The number of rotatable bonds is 5. The molecule has 0 aromatic heterocycles. The van der Waals surface area contributed by atoms with Gasteiger partial charge < -0.3 is 9.84 Å². The summed E-state index contributed by atoms with van der Waals surface area (Å²) in [6, 6.07) is 10.6. The van der Waals surface area contributed by atoms with Gasteiger partial charge in [0, 0.05) is 0 Å². The fraction of sp³-hybridized carbons (Fsp3) is 0.714. The first-order valence-corrected chi connectivity index (χ1v) is 12.6. The lowest BCUT2D eigenvalue weighted by atomic mass is 9.49. The predicted octanol–water partition coefficient (Wildman–Crippen LogP) is 6.39. The summed E-state index contributed by atoms with van der Waals surface area (Å²) >= 11 is 0. The molecular weight excluding hydrogens is 368 g/mol. The van der Waals surface area contributed by atoms with Gasteiger partial charge in [0.2, 0.25) is 0 Å². The monoisotopic (exact) mass is 408 g/mol. The summed E-state index contributed by atoms with van der Waals surface area (Å²) < 4.78 is 6.36. The molecule has 4 fully saturated rings. The first kappa shape index (κ1) is 20.8. The molecule has 0 spiro atoms. The Morgan fingerprint density at radius 1 is 1.03 bits per heavy atom. The number of fused-ring (bicyclic) bond motifs is 5. The molecule has 1 aromatic rings. The molecule has 5 rings (SSSR count). The molecule has 4 aliphatic rings. The van der Waals surface area contributed by atoms with Gasteiger partial charge in [-0.05, 0) is 111 Å². The topological polar surface area (TPSA) is 29.5 Å². The van der Waals surface area contributed by atoms with E-state index in [2.05, 4.69) is 43.0 Å². The lowest BCUT2D eigenvalue weighted by Gasteiger charge is -2.56. The Bertz CT molecular complexity index is 727. The molecule has 2 nitrogen and oxygen atoms in total. The molecule has 4 aliphatic carbocycles. The molecule has 1 aromatic carbocycles. The lowest BCUT2D eigenvalue weighted by molar-refractivity contribution is -0.0902. The second-order valence-corrected chi connectivity index (χ2v) is 10.9. The molecule has 0 heterocycles. The number of allylic oxidation sites excluding steroid dienone is 1. The number of aliphatic hydroxyl groups excluding tert-OH is 1. The molecule has 164 valence electrons. The number of benzene rings is 1. The molecule has 0 amide bonds. The molecule has 0 aliphatic heterocycles. The van der Waals surface area contributed by atoms with E-state index < -0.39 is 0 Å². The van der Waals surface area contributed by atoms with Gasteiger partial charge in [-0.2, -0.15) is 0 Å². The molecular formula is C28H40O2. The van der Waals surface area contributed by atoms with E-state index in [0.29, 0.717) is 12.0 Å². The van der Waals surface area contributed by atoms with Crippen LogP contribution in [0.2, 0.25) is 0 Å². The van der Waals surface area contributed by atoms with Crippen LogP contribution in [0.1, 0.15) is 70.3 Å². The summed E-state index contributed by atoms with van der Waals surface area (Å²) in [6.07, 6.45) is 14.3. The Hall–Kier alpha value is -1.12. The van der Waals surface area contributed by atoms with Crippen LogP contribution in [0.4, 0.5) is 0 Å². The molecule has 0 bridgehead atoms. The molecule has 0 radical (unpaired) electrons. The highest BCUT2D eigenvalue weighted by atomic mass is 16.5. The van der Waals surface area contributed by atoms with Crippen LogP contribution >= 0.6 is 0 Å². The minimum absolute atomic E-state index is 0.196. The molecule has 1 N–H and O–H groups in total. The van der Waals surface area contributed by atoms with Crippen LogP contribution in [0, 0.1) is 40.9 Å². The summed E-state index contributed by atoms with van der Waals surface area (Å²) in [5, 5.41) is 10.5. The summed E-state index contributed by atoms with van der Waals surface area (Å²) in [4.78, 5) is 0. The fourth-order valence-electron chi connectivity index (χ4n) is 8.61. The Morgan fingerprint density at radius 3 is 2.60 bits per heavy atom. The van der Waals surface area contributed by atoms with Gasteiger partial charge in [-0.1, -0.05) is 36.4 Å². The van der Waals surface area contributed by atoms with Crippen molar-refractivity contribution in [1.29, 1.82) is 0 Å². The van der Waals surface area contributed by atoms with Crippen molar-refractivity contribution in [2.45, 2.75) is 83.5 Å². The van der Waals surface area contributed by atoms with Crippen LogP contribution in [-0.4, -0.2) is 17.3 Å². The molecule has 2 heteroatoms. The quantitative estimate of drug-likeness (QED) is 0.572. The minimum Gasteiger partial charge on any atom is -0.393 e. The lowest BCUT2D eigenvalue weighted by Crippen LogP contribution is -2.50. The Kier molecular flexibility index (Phi) is 5.84. The zero-order chi connectivity index (χ0) is 20.7. The van der Waals surface area contributed by atoms with Gasteiger partial charge in [0.15, 0.2) is 0 Å². The first-order valence-electron chi connectivity index (χ1n) is 12.6. The van der Waals surface area contributed by atoms with Crippen molar-refractivity contribution in [2.75, 3.05) is 0 Å². The zero-order valence-electron chi connectivity index (χ0n) is 18.7. The van der Waals surface area contributed by atoms with Crippen molar-refractivity contribution in [3.63, 3.8) is 0 Å². The maximum absolute atomic E-state index is 10.5. The Morgan fingerprint density at radius 2 is 1.83 bits per heavy atom. The third kappa shape index (κ3) is 3.48. The summed E-state index contributed by atoms with van der Waals surface area (Å²) in [5.74, 6) is 4.75. The van der Waals surface area contributed by atoms with Crippen LogP contribution in [0.15, 0.2) is 43.0 Å². The van der Waals surface area contributed by atoms with Gasteiger partial charge in [0.05, 0.1) is 18.8 Å². The summed E-state index contributed by atoms with van der Waals surface area (Å²) in [6.45, 7) is 7.07. The second-order valence-electron chi connectivity index (χ2n) is 10.9. The standard InChI is InChI=1S/C28H40O2/c1-3-28-16-15-24-23-12-10-22(30-18-20-7-5-4-6-8-20)17-21(23)9-11-25(24)27(28)14-13-26(28)19(2)29/h3-8,19,21-27,29H,1,9-18H2,2H3/t19-,21?,22+,23-,24+,25+,26+,27-,28+/m0/s1. The molecule has 4 saturated carbocycles. The van der Waals surface area contributed by atoms with Gasteiger partial charge in [0.25, 0.3) is 0 Å². The number of aliphatic hydroxyl groups is 1. The normalized spacial score (nSPS) is 43.9. The number of hydrogen-bond acceptors (Lipinski definition) is 2. The van der Waals surface area contributed by atoms with Gasteiger partial charge in [-0.3, -0.25) is 0 Å². The molecule has 1 unspecified atom stereocenters. The van der Waals surface area contributed by atoms with Gasteiger partial charge in [0.1, 0.15) is 0 Å². The van der Waals surface area contributed by atoms with E-state index >= 15 is 0 Å². The molecule has 9 atom stereocenters. The van der Waals surface area contributed by atoms with E-state index in [1.165, 1.54) is 63.4 Å². The second kappa shape index (κ2) is 8.43. The van der Waals surface area contributed by atoms with Crippen molar-refractivity contribution >= 4 is 0 Å². The van der Waals surface area contributed by atoms with Gasteiger partial charge >= 0.3 is 0 Å². The number of ether oxygens (including phenoxy) is 1. The predicted molar refractivity (Wildman–Crippen MR) is 122 cm³/mol. The zero-order valence-corrected chi connectivity index (χ0v) is 18.7. The highest BCUT2D eigenvalue weighted by molar-refractivity contribution is 5.15. The van der Waals surface area contributed by atoms with E-state index in [1.54, 1.807) is 0 Å². The Labute approximate surface area is 183 Å². The SMILES string of the molecule is C=C[C@]12CC[C@H]3[C@@H](CCC4C[C@H](OCc5ccccc5)CC[C@@H]43)[C@@H]1CC[C@@H]2[C@H](C)O. The smallest absolute Gasteiger partial charge is 0.0720 e.